The topological polar surface area (TPSA) is 90.3 Å². The largest absolute Gasteiger partial charge is 0.391 e. The molecule has 3 aromatic heterocycles. The van der Waals surface area contributed by atoms with Crippen molar-refractivity contribution in [2.24, 2.45) is 5.41 Å². The van der Waals surface area contributed by atoms with Gasteiger partial charge in [0, 0.05) is 32.4 Å². The number of piperidine rings is 1. The lowest BCUT2D eigenvalue weighted by Gasteiger charge is -2.39. The molecule has 1 atom stereocenters. The first-order valence-corrected chi connectivity index (χ1v) is 12.7. The third-order valence-electron chi connectivity index (χ3n) is 7.80. The zero-order valence-corrected chi connectivity index (χ0v) is 20.0. The molecule has 6 rings (SSSR count). The van der Waals surface area contributed by atoms with E-state index in [1.165, 1.54) is 38.5 Å². The maximum absolute atomic E-state index is 9.85. The predicted octanol–water partition coefficient (Wildman–Crippen LogP) is 4.55. The third kappa shape index (κ3) is 4.14. The summed E-state index contributed by atoms with van der Waals surface area (Å²) < 4.78 is 0. The molecule has 3 aliphatic rings. The number of fused-ring (bicyclic) bond motifs is 1. The molecule has 1 saturated carbocycles. The summed E-state index contributed by atoms with van der Waals surface area (Å²) in [6.45, 7) is 3.40. The van der Waals surface area contributed by atoms with Crippen molar-refractivity contribution in [2.45, 2.75) is 51.0 Å². The summed E-state index contributed by atoms with van der Waals surface area (Å²) in [5, 5.41) is 13.7. The standard InChI is InChI=1S/C25H30ClN7O/c26-22-18(5-11-27-24(22)33-12-6-17(34)16-33)29-20-4-3-19-23(31-20)28-15-21(30-19)32-13-9-25(10-14-32)7-1-2-8-25/h3-5,11,15,17,34H,1-2,6-10,12-14,16H2,(H,27,28,29,31). The van der Waals surface area contributed by atoms with Crippen LogP contribution < -0.4 is 15.1 Å². The molecule has 2 saturated heterocycles. The fourth-order valence-corrected chi connectivity index (χ4v) is 6.05. The SMILES string of the molecule is OC1CCN(c2nccc(Nc3ccc4nc(N5CCC6(CCCC6)CC5)cnc4n3)c2Cl)C1. The number of β-amino-alcohol motifs (C(OH)–C–C–N with tert-alkyl or cyclic N) is 1. The van der Waals surface area contributed by atoms with Crippen LogP contribution in [0.25, 0.3) is 11.2 Å². The Balaban J connectivity index is 1.18. The maximum atomic E-state index is 9.85. The van der Waals surface area contributed by atoms with E-state index in [-0.39, 0.29) is 6.10 Å². The maximum Gasteiger partial charge on any atom is 0.180 e. The van der Waals surface area contributed by atoms with E-state index in [2.05, 4.69) is 25.2 Å². The van der Waals surface area contributed by atoms with Crippen LogP contribution in [0, 0.1) is 5.41 Å². The van der Waals surface area contributed by atoms with Crippen LogP contribution in [0.5, 0.6) is 0 Å². The summed E-state index contributed by atoms with van der Waals surface area (Å²) >= 11 is 6.65. The van der Waals surface area contributed by atoms with Crippen molar-refractivity contribution in [3.05, 3.63) is 35.6 Å². The Morgan fingerprint density at radius 3 is 2.56 bits per heavy atom. The Morgan fingerprint density at radius 2 is 1.79 bits per heavy atom. The first-order valence-electron chi connectivity index (χ1n) is 12.3. The second-order valence-electron chi connectivity index (χ2n) is 9.97. The molecule has 0 aromatic carbocycles. The average molecular weight is 480 g/mol. The van der Waals surface area contributed by atoms with Crippen molar-refractivity contribution in [3.8, 4) is 0 Å². The number of anilines is 4. The minimum Gasteiger partial charge on any atom is -0.391 e. The summed E-state index contributed by atoms with van der Waals surface area (Å²) in [7, 11) is 0. The van der Waals surface area contributed by atoms with E-state index in [0.717, 1.165) is 43.1 Å². The Kier molecular flexibility index (Phi) is 5.65. The van der Waals surface area contributed by atoms with Crippen molar-refractivity contribution in [3.63, 3.8) is 0 Å². The highest BCUT2D eigenvalue weighted by Crippen LogP contribution is 2.46. The van der Waals surface area contributed by atoms with Gasteiger partial charge in [0.1, 0.15) is 28.0 Å². The smallest absolute Gasteiger partial charge is 0.180 e. The second kappa shape index (κ2) is 8.82. The first-order chi connectivity index (χ1) is 16.6. The number of nitrogens with zero attached hydrogens (tertiary/aromatic N) is 6. The molecule has 5 heterocycles. The van der Waals surface area contributed by atoms with E-state index in [1.54, 1.807) is 6.20 Å². The molecule has 2 N–H and O–H groups in total. The molecular formula is C25H30ClN7O. The van der Waals surface area contributed by atoms with E-state index in [0.29, 0.717) is 34.3 Å². The number of hydrogen-bond acceptors (Lipinski definition) is 8. The molecule has 34 heavy (non-hydrogen) atoms. The predicted molar refractivity (Wildman–Crippen MR) is 135 cm³/mol. The van der Waals surface area contributed by atoms with Gasteiger partial charge in [0.25, 0.3) is 0 Å². The highest BCUT2D eigenvalue weighted by Gasteiger charge is 2.37. The third-order valence-corrected chi connectivity index (χ3v) is 8.17. The van der Waals surface area contributed by atoms with E-state index < -0.39 is 0 Å². The molecule has 3 fully saturated rings. The van der Waals surface area contributed by atoms with Gasteiger partial charge in [-0.05, 0) is 55.7 Å². The summed E-state index contributed by atoms with van der Waals surface area (Å²) in [5.41, 5.74) is 2.70. The number of nitrogens with one attached hydrogen (secondary N) is 1. The minimum atomic E-state index is -0.339. The average Bonchev–Trinajstić information content (AvgIpc) is 3.50. The monoisotopic (exact) mass is 479 g/mol. The number of halogens is 1. The molecule has 1 unspecified atom stereocenters. The van der Waals surface area contributed by atoms with Gasteiger partial charge in [-0.2, -0.15) is 0 Å². The molecule has 178 valence electrons. The van der Waals surface area contributed by atoms with Crippen LogP contribution in [0.2, 0.25) is 5.02 Å². The number of aromatic nitrogens is 4. The summed E-state index contributed by atoms with van der Waals surface area (Å²) in [6, 6.07) is 5.68. The Morgan fingerprint density at radius 1 is 0.971 bits per heavy atom. The molecular weight excluding hydrogens is 450 g/mol. The quantitative estimate of drug-likeness (QED) is 0.563. The van der Waals surface area contributed by atoms with Crippen molar-refractivity contribution < 1.29 is 5.11 Å². The van der Waals surface area contributed by atoms with E-state index in [1.807, 2.05) is 29.3 Å². The molecule has 8 nitrogen and oxygen atoms in total. The van der Waals surface area contributed by atoms with Gasteiger partial charge in [0.15, 0.2) is 5.65 Å². The van der Waals surface area contributed by atoms with Crippen LogP contribution in [0.3, 0.4) is 0 Å². The van der Waals surface area contributed by atoms with Crippen LogP contribution in [0.1, 0.15) is 44.9 Å². The van der Waals surface area contributed by atoms with E-state index in [4.69, 9.17) is 16.6 Å². The Labute approximate surface area is 204 Å². The van der Waals surface area contributed by atoms with Gasteiger partial charge in [-0.25, -0.2) is 19.9 Å². The minimum absolute atomic E-state index is 0.339. The fraction of sp³-hybridized carbons (Fsp3) is 0.520. The van der Waals surface area contributed by atoms with Gasteiger partial charge in [-0.3, -0.25) is 0 Å². The lowest BCUT2D eigenvalue weighted by Crippen LogP contribution is -2.39. The van der Waals surface area contributed by atoms with Crippen LogP contribution in [0.4, 0.5) is 23.1 Å². The van der Waals surface area contributed by atoms with Crippen LogP contribution in [0.15, 0.2) is 30.6 Å². The van der Waals surface area contributed by atoms with Gasteiger partial charge in [0.2, 0.25) is 0 Å². The zero-order chi connectivity index (χ0) is 23.1. The van der Waals surface area contributed by atoms with E-state index >= 15 is 0 Å². The highest BCUT2D eigenvalue weighted by molar-refractivity contribution is 6.35. The number of pyridine rings is 2. The second-order valence-corrected chi connectivity index (χ2v) is 10.3. The number of aliphatic hydroxyl groups is 1. The number of hydrogen-bond donors (Lipinski definition) is 2. The first kappa shape index (κ1) is 21.8. The fourth-order valence-electron chi connectivity index (χ4n) is 5.77. The van der Waals surface area contributed by atoms with Gasteiger partial charge < -0.3 is 20.2 Å². The summed E-state index contributed by atoms with van der Waals surface area (Å²) in [4.78, 5) is 22.9. The van der Waals surface area contributed by atoms with Gasteiger partial charge in [-0.1, -0.05) is 24.4 Å². The lowest BCUT2D eigenvalue weighted by atomic mass is 9.77. The highest BCUT2D eigenvalue weighted by atomic mass is 35.5. The van der Waals surface area contributed by atoms with Crippen molar-refractivity contribution in [1.82, 2.24) is 19.9 Å². The Hall–Kier alpha value is -2.71. The van der Waals surface area contributed by atoms with Gasteiger partial charge >= 0.3 is 0 Å². The Bertz CT molecular complexity index is 1190. The molecule has 0 bridgehead atoms. The molecule has 3 aromatic rings. The summed E-state index contributed by atoms with van der Waals surface area (Å²) in [5.74, 6) is 2.27. The molecule has 0 amide bonds. The van der Waals surface area contributed by atoms with E-state index in [9.17, 15) is 5.11 Å². The van der Waals surface area contributed by atoms with Crippen LogP contribution in [-0.2, 0) is 0 Å². The van der Waals surface area contributed by atoms with Crippen molar-refractivity contribution >= 4 is 45.9 Å². The molecule has 0 radical (unpaired) electrons. The number of aliphatic hydroxyl groups excluding tert-OH is 1. The van der Waals surface area contributed by atoms with Crippen LogP contribution in [-0.4, -0.2) is 57.3 Å². The summed E-state index contributed by atoms with van der Waals surface area (Å²) in [6.07, 6.45) is 12.1. The molecule has 1 aliphatic carbocycles. The van der Waals surface area contributed by atoms with Gasteiger partial charge in [-0.15, -0.1) is 0 Å². The lowest BCUT2D eigenvalue weighted by molar-refractivity contribution is 0.198. The number of rotatable bonds is 4. The zero-order valence-electron chi connectivity index (χ0n) is 19.3. The van der Waals surface area contributed by atoms with Crippen molar-refractivity contribution in [2.75, 3.05) is 41.3 Å². The molecule has 2 aliphatic heterocycles. The normalized spacial score (nSPS) is 22.1. The molecule has 1 spiro atoms. The van der Waals surface area contributed by atoms with Crippen molar-refractivity contribution in [1.29, 1.82) is 0 Å². The van der Waals surface area contributed by atoms with Gasteiger partial charge in [0.05, 0.1) is 18.0 Å². The molecule has 9 heteroatoms. The van der Waals surface area contributed by atoms with Crippen LogP contribution >= 0.6 is 11.6 Å².